The first-order valence-corrected chi connectivity index (χ1v) is 13.5. The molecule has 4 aromatic carbocycles. The Hall–Kier alpha value is -3.74. The molecule has 0 bridgehead atoms. The van der Waals surface area contributed by atoms with Gasteiger partial charge >= 0.3 is 0 Å². The lowest BCUT2D eigenvalue weighted by Crippen LogP contribution is -2.48. The van der Waals surface area contributed by atoms with Crippen LogP contribution in [0.2, 0.25) is 5.02 Å². The molecule has 3 aliphatic rings. The molecular formula is C31H20BrClN2O3. The van der Waals surface area contributed by atoms with Crippen molar-refractivity contribution in [2.24, 2.45) is 11.8 Å². The van der Waals surface area contributed by atoms with Crippen molar-refractivity contribution in [1.82, 2.24) is 0 Å². The van der Waals surface area contributed by atoms with Crippen molar-refractivity contribution in [1.29, 1.82) is 0 Å². The third kappa shape index (κ3) is 3.33. The van der Waals surface area contributed by atoms with Crippen LogP contribution in [0.5, 0.6) is 0 Å². The van der Waals surface area contributed by atoms with Crippen LogP contribution in [-0.2, 0) is 9.59 Å². The van der Waals surface area contributed by atoms with E-state index in [0.29, 0.717) is 16.3 Å². The highest BCUT2D eigenvalue weighted by atomic mass is 79.9. The quantitative estimate of drug-likeness (QED) is 0.203. The van der Waals surface area contributed by atoms with Gasteiger partial charge in [0.05, 0.1) is 23.6 Å². The molecule has 0 spiro atoms. The number of carbonyl (C=O) groups excluding carboxylic acids is 3. The van der Waals surface area contributed by atoms with Crippen LogP contribution in [0, 0.1) is 11.8 Å². The SMILES string of the molecule is O=C(c1ccc(Br)cc1)[C@@H]1[C@@H]2C(=O)N(c3cccc4ccccc34)C(=O)[C@@H]2[C@@H]2C=Cc3ccc(Cl)cc3N12. The Balaban J connectivity index is 1.40. The van der Waals surface area contributed by atoms with E-state index in [0.717, 1.165) is 26.5 Å². The van der Waals surface area contributed by atoms with Gasteiger partial charge in [0.2, 0.25) is 11.8 Å². The van der Waals surface area contributed by atoms with Crippen molar-refractivity contribution in [2.75, 3.05) is 9.80 Å². The minimum absolute atomic E-state index is 0.197. The standard InChI is InChI=1S/C31H20BrClN2O3/c32-20-12-8-19(9-13-20)29(36)28-27-26(24-15-11-18-10-14-21(33)16-25(18)34(24)28)30(37)35(31(27)38)23-7-3-5-17-4-1-2-6-22(17)23/h1-16,24,26-28H/t24-,26+,27+,28-/m0/s1. The monoisotopic (exact) mass is 582 g/mol. The number of hydrogen-bond donors (Lipinski definition) is 0. The number of nitrogens with zero attached hydrogens (tertiary/aromatic N) is 2. The van der Waals surface area contributed by atoms with Gasteiger partial charge in [0.15, 0.2) is 5.78 Å². The number of benzene rings is 4. The molecular weight excluding hydrogens is 564 g/mol. The fourth-order valence-corrected chi connectivity index (χ4v) is 6.69. The van der Waals surface area contributed by atoms with Crippen LogP contribution in [0.25, 0.3) is 16.8 Å². The molecule has 2 saturated heterocycles. The number of anilines is 2. The first-order chi connectivity index (χ1) is 18.4. The van der Waals surface area contributed by atoms with Crippen LogP contribution >= 0.6 is 27.5 Å². The van der Waals surface area contributed by atoms with Crippen molar-refractivity contribution in [3.05, 3.63) is 112 Å². The van der Waals surface area contributed by atoms with Gasteiger partial charge in [0.1, 0.15) is 6.04 Å². The van der Waals surface area contributed by atoms with E-state index in [1.807, 2.05) is 77.7 Å². The molecule has 38 heavy (non-hydrogen) atoms. The molecule has 0 aromatic heterocycles. The fraction of sp³-hybridized carbons (Fsp3) is 0.129. The zero-order valence-electron chi connectivity index (χ0n) is 19.9. The third-order valence-electron chi connectivity index (χ3n) is 7.88. The average molecular weight is 584 g/mol. The number of fused-ring (bicyclic) bond motifs is 6. The van der Waals surface area contributed by atoms with E-state index in [-0.39, 0.29) is 17.6 Å². The van der Waals surface area contributed by atoms with E-state index < -0.39 is 23.9 Å². The molecule has 2 amide bonds. The summed E-state index contributed by atoms with van der Waals surface area (Å²) in [4.78, 5) is 45.8. The molecule has 4 atom stereocenters. The second kappa shape index (κ2) is 8.65. The maximum absolute atomic E-state index is 14.2. The Morgan fingerprint density at radius 3 is 2.37 bits per heavy atom. The maximum atomic E-state index is 14.2. The number of imide groups is 1. The predicted molar refractivity (Wildman–Crippen MR) is 152 cm³/mol. The largest absolute Gasteiger partial charge is 0.352 e. The van der Waals surface area contributed by atoms with Crippen molar-refractivity contribution < 1.29 is 14.4 Å². The van der Waals surface area contributed by atoms with Gasteiger partial charge in [-0.1, -0.05) is 94.3 Å². The zero-order valence-corrected chi connectivity index (χ0v) is 22.3. The number of hydrogen-bond acceptors (Lipinski definition) is 4. The van der Waals surface area contributed by atoms with Gasteiger partial charge in [-0.25, -0.2) is 4.90 Å². The third-order valence-corrected chi connectivity index (χ3v) is 8.64. The van der Waals surface area contributed by atoms with Crippen LogP contribution in [0.1, 0.15) is 15.9 Å². The van der Waals surface area contributed by atoms with E-state index in [9.17, 15) is 14.4 Å². The molecule has 0 N–H and O–H groups in total. The predicted octanol–water partition coefficient (Wildman–Crippen LogP) is 6.53. The van der Waals surface area contributed by atoms with Gasteiger partial charge in [-0.15, -0.1) is 0 Å². The van der Waals surface area contributed by atoms with Gasteiger partial charge in [-0.3, -0.25) is 14.4 Å². The normalized spacial score (nSPS) is 23.5. The second-order valence-electron chi connectivity index (χ2n) is 9.84. The van der Waals surface area contributed by atoms with Gasteiger partial charge in [-0.05, 0) is 41.3 Å². The number of amides is 2. The van der Waals surface area contributed by atoms with E-state index in [1.54, 1.807) is 24.3 Å². The number of Topliss-reactive ketones (excluding diaryl/α,β-unsaturated/α-hetero) is 1. The molecule has 3 aliphatic heterocycles. The van der Waals surface area contributed by atoms with E-state index >= 15 is 0 Å². The molecule has 7 heteroatoms. The van der Waals surface area contributed by atoms with E-state index in [4.69, 9.17) is 11.6 Å². The lowest BCUT2D eigenvalue weighted by molar-refractivity contribution is -0.122. The summed E-state index contributed by atoms with van der Waals surface area (Å²) in [6, 6.07) is 24.6. The minimum atomic E-state index is -0.857. The fourth-order valence-electron chi connectivity index (χ4n) is 6.26. The van der Waals surface area contributed by atoms with Gasteiger partial charge < -0.3 is 4.90 Å². The Bertz CT molecular complexity index is 1690. The lowest BCUT2D eigenvalue weighted by Gasteiger charge is -2.36. The molecule has 0 aliphatic carbocycles. The van der Waals surface area contributed by atoms with Crippen LogP contribution < -0.4 is 9.80 Å². The number of rotatable bonds is 3. The zero-order chi connectivity index (χ0) is 26.1. The van der Waals surface area contributed by atoms with Crippen molar-refractivity contribution in [2.45, 2.75) is 12.1 Å². The maximum Gasteiger partial charge on any atom is 0.240 e. The number of ketones is 1. The van der Waals surface area contributed by atoms with Crippen molar-refractivity contribution in [3.63, 3.8) is 0 Å². The molecule has 4 aromatic rings. The summed E-state index contributed by atoms with van der Waals surface area (Å²) in [6.45, 7) is 0. The highest BCUT2D eigenvalue weighted by Crippen LogP contribution is 2.50. The Morgan fingerprint density at radius 1 is 0.816 bits per heavy atom. The molecule has 0 saturated carbocycles. The molecule has 7 rings (SSSR count). The van der Waals surface area contributed by atoms with Gasteiger partial charge in [0, 0.05) is 26.1 Å². The number of carbonyl (C=O) groups is 3. The van der Waals surface area contributed by atoms with E-state index in [2.05, 4.69) is 15.9 Å². The molecule has 0 radical (unpaired) electrons. The first-order valence-electron chi connectivity index (χ1n) is 12.4. The highest BCUT2D eigenvalue weighted by molar-refractivity contribution is 9.10. The Labute approximate surface area is 232 Å². The van der Waals surface area contributed by atoms with Crippen molar-refractivity contribution >= 4 is 73.4 Å². The average Bonchev–Trinajstić information content (AvgIpc) is 3.41. The van der Waals surface area contributed by atoms with Crippen LogP contribution in [0.3, 0.4) is 0 Å². The topological polar surface area (TPSA) is 57.7 Å². The smallest absolute Gasteiger partial charge is 0.240 e. The highest BCUT2D eigenvalue weighted by Gasteiger charge is 2.64. The van der Waals surface area contributed by atoms with Gasteiger partial charge in [-0.2, -0.15) is 0 Å². The summed E-state index contributed by atoms with van der Waals surface area (Å²) in [6.07, 6.45) is 3.90. The summed E-state index contributed by atoms with van der Waals surface area (Å²) >= 11 is 9.81. The molecule has 186 valence electrons. The minimum Gasteiger partial charge on any atom is -0.352 e. The summed E-state index contributed by atoms with van der Waals surface area (Å²) in [5.74, 6) is -2.37. The molecule has 0 unspecified atom stereocenters. The lowest BCUT2D eigenvalue weighted by atomic mass is 9.86. The molecule has 2 fully saturated rings. The summed E-state index contributed by atoms with van der Waals surface area (Å²) in [7, 11) is 0. The molecule has 5 nitrogen and oxygen atoms in total. The Kier molecular flexibility index (Phi) is 5.32. The van der Waals surface area contributed by atoms with Crippen molar-refractivity contribution in [3.8, 4) is 0 Å². The number of halogens is 2. The van der Waals surface area contributed by atoms with Crippen LogP contribution in [0.15, 0.2) is 95.5 Å². The van der Waals surface area contributed by atoms with Crippen LogP contribution in [-0.4, -0.2) is 29.7 Å². The Morgan fingerprint density at radius 2 is 1.55 bits per heavy atom. The van der Waals surface area contributed by atoms with Gasteiger partial charge in [0.25, 0.3) is 0 Å². The van der Waals surface area contributed by atoms with Crippen LogP contribution in [0.4, 0.5) is 11.4 Å². The van der Waals surface area contributed by atoms with E-state index in [1.165, 1.54) is 4.90 Å². The summed E-state index contributed by atoms with van der Waals surface area (Å²) in [5, 5.41) is 2.29. The summed E-state index contributed by atoms with van der Waals surface area (Å²) in [5.41, 5.74) is 2.69. The first kappa shape index (κ1) is 23.4. The molecule has 3 heterocycles. The summed E-state index contributed by atoms with van der Waals surface area (Å²) < 4.78 is 0.850. The second-order valence-corrected chi connectivity index (χ2v) is 11.2.